The van der Waals surface area contributed by atoms with E-state index in [1.165, 1.54) is 93.9 Å². The summed E-state index contributed by atoms with van der Waals surface area (Å²) in [6, 6.07) is 114. The summed E-state index contributed by atoms with van der Waals surface area (Å²) < 4.78 is 4.80. The number of benzene rings is 13. The molecule has 0 bridgehead atoms. The number of anilines is 8. The Morgan fingerprint density at radius 1 is 0.342 bits per heavy atom. The third-order valence-corrected chi connectivity index (χ3v) is 22.6. The van der Waals surface area contributed by atoms with Crippen LogP contribution in [-0.2, 0) is 5.41 Å². The van der Waals surface area contributed by atoms with Crippen molar-refractivity contribution in [3.63, 3.8) is 0 Å². The van der Waals surface area contributed by atoms with Crippen molar-refractivity contribution < 1.29 is 0 Å². The highest BCUT2D eigenvalue weighted by molar-refractivity contribution is 6.19. The predicted molar refractivity (Wildman–Crippen MR) is 448 cm³/mol. The summed E-state index contributed by atoms with van der Waals surface area (Å²) in [4.78, 5) is 42.0. The second kappa shape index (κ2) is 25.7. The molecule has 5 aromatic heterocycles. The number of rotatable bonds is 8. The molecule has 0 fully saturated rings. The number of hydrogen-bond donors (Lipinski definition) is 0. The first kappa shape index (κ1) is 65.6. The zero-order chi connectivity index (χ0) is 76.5. The highest BCUT2D eigenvalue weighted by atomic mass is 15.2. The zero-order valence-electron chi connectivity index (χ0n) is 60.2. The zero-order valence-corrected chi connectivity index (χ0v) is 60.2. The van der Waals surface area contributed by atoms with Gasteiger partial charge in [0.25, 0.3) is 17.2 Å². The van der Waals surface area contributed by atoms with Crippen LogP contribution in [0.1, 0.15) is 39.3 Å². The van der Waals surface area contributed by atoms with Crippen LogP contribution in [0.2, 0.25) is 0 Å². The first-order valence-corrected chi connectivity index (χ1v) is 36.9. The number of nitriles is 3. The Balaban J connectivity index is 0.000000229. The van der Waals surface area contributed by atoms with Gasteiger partial charge in [0.2, 0.25) is 11.0 Å². The van der Waals surface area contributed by atoms with E-state index in [0.29, 0.717) is 0 Å². The molecule has 0 amide bonds. The molecule has 2 aliphatic carbocycles. The minimum Gasteiger partial charge on any atom is -0.370 e. The third-order valence-electron chi connectivity index (χ3n) is 22.6. The SMILES string of the molecule is C1=CC2C3C(=C1)c1ccccc1N3c1ccccc1C21c2cc(N(c3ccccc3)c3ccc4c(c3)c3ccccc3n4-c3ccccc3)ccc2-c2ccc(N(c3ccccc3)c3ccc4c(c3)c3ccccc3n4-c3ccccc3)cc21.[C-]#[N+]c1nc2c(nc1C#N)c1nc(C#N)c(C#N)nc1c1nc([N+]#[C-])c([N+]#[C-])nc21. The molecule has 2 atom stereocenters. The van der Waals surface area contributed by atoms with Crippen LogP contribution < -0.4 is 14.7 Å². The fraction of sp³-hybridized carbons (Fsp3) is 0.0309. The Labute approximate surface area is 652 Å². The monoisotopic (exact) mass is 1460 g/mol. The molecule has 7 heterocycles. The molecule has 0 N–H and O–H groups in total. The summed E-state index contributed by atoms with van der Waals surface area (Å²) in [5.74, 6) is -0.875. The highest BCUT2D eigenvalue weighted by Gasteiger charge is 2.60. The number of para-hydroxylation sites is 8. The summed E-state index contributed by atoms with van der Waals surface area (Å²) in [7, 11) is 0. The molecule has 17 heteroatoms. The molecular weight excluding hydrogens is 1400 g/mol. The first-order valence-electron chi connectivity index (χ1n) is 36.9. The van der Waals surface area contributed by atoms with Crippen LogP contribution in [0.3, 0.4) is 0 Å². The first-order chi connectivity index (χ1) is 56.3. The maximum absolute atomic E-state index is 9.30. The second-order valence-corrected chi connectivity index (χ2v) is 28.2. The molecule has 0 saturated carbocycles. The largest absolute Gasteiger partial charge is 0.370 e. The maximum atomic E-state index is 9.30. The standard InChI is InChI=1S/C79H53N5.C18N12/c1-5-22-52(23-6-1)80(56-42-46-75-66(48-56)63-31-14-17-36-72(63)82(75)54-26-9-3-10-27-54)58-40-44-60-61-45-41-59(81(53-24-7-2-8-25-53)57-43-47-76-67(49-57)64-32-15-18-37-73(64)83(76)55-28-11-4-12-29-55)51-71(61)79(70(60)50-58)68-34-16-20-39-77(68)84-74-38-19-13-30-62(74)65-33-21-35-69(79)78(65)84;1-22-16-9(6-21)27-12-10-11(26-8(5-20)7(4-19)25-10)14-15(13(12)28-16)30-18(24-3)17(23-2)29-14/h1-51,69,78H;. The molecule has 18 aromatic rings. The lowest BCUT2D eigenvalue weighted by Gasteiger charge is -2.52. The van der Waals surface area contributed by atoms with Crippen LogP contribution >= 0.6 is 0 Å². The van der Waals surface area contributed by atoms with Crippen LogP contribution in [0.25, 0.3) is 119 Å². The maximum Gasteiger partial charge on any atom is 0.307 e. The van der Waals surface area contributed by atoms with Gasteiger partial charge in [-0.15, -0.1) is 15.0 Å². The average molecular weight is 1460 g/mol. The number of fused-ring (bicyclic) bond motifs is 24. The van der Waals surface area contributed by atoms with E-state index in [4.69, 9.17) is 19.7 Å². The van der Waals surface area contributed by atoms with Crippen LogP contribution in [-0.4, -0.2) is 45.1 Å². The number of aromatic nitrogens is 8. The van der Waals surface area contributed by atoms with Crippen molar-refractivity contribution in [1.82, 2.24) is 39.0 Å². The van der Waals surface area contributed by atoms with Crippen LogP contribution in [0.15, 0.2) is 309 Å². The summed E-state index contributed by atoms with van der Waals surface area (Å²) in [6.45, 7) is 21.7. The minimum atomic E-state index is -0.628. The second-order valence-electron chi connectivity index (χ2n) is 28.2. The molecule has 114 heavy (non-hydrogen) atoms. The van der Waals surface area contributed by atoms with E-state index in [2.05, 4.69) is 378 Å². The van der Waals surface area contributed by atoms with Crippen LogP contribution in [0.4, 0.5) is 63.0 Å². The lowest BCUT2D eigenvalue weighted by Crippen LogP contribution is -2.52. The van der Waals surface area contributed by atoms with Gasteiger partial charge in [-0.1, -0.05) is 196 Å². The van der Waals surface area contributed by atoms with Crippen molar-refractivity contribution in [2.75, 3.05) is 14.7 Å². The average Bonchev–Trinajstić information content (AvgIpc) is 1.49. The molecular formula is C97H53N17. The van der Waals surface area contributed by atoms with Gasteiger partial charge in [-0.3, -0.25) is 0 Å². The molecule has 1 spiro atoms. The Kier molecular flexibility index (Phi) is 14.8. The third kappa shape index (κ3) is 9.59. The van der Waals surface area contributed by atoms with Crippen molar-refractivity contribution in [2.24, 2.45) is 5.92 Å². The molecule has 17 nitrogen and oxygen atoms in total. The summed E-state index contributed by atoms with van der Waals surface area (Å²) in [5.41, 5.74) is 23.8. The van der Waals surface area contributed by atoms with E-state index in [-0.39, 0.29) is 79.6 Å². The summed E-state index contributed by atoms with van der Waals surface area (Å²) in [5, 5.41) is 32.8. The van der Waals surface area contributed by atoms with Gasteiger partial charge in [0.15, 0.2) is 17.1 Å². The van der Waals surface area contributed by atoms with E-state index in [1.807, 2.05) is 0 Å². The van der Waals surface area contributed by atoms with Gasteiger partial charge < -0.3 is 38.4 Å². The van der Waals surface area contributed by atoms with Crippen molar-refractivity contribution in [1.29, 1.82) is 15.8 Å². The molecule has 4 aliphatic rings. The van der Waals surface area contributed by atoms with E-state index >= 15 is 0 Å². The summed E-state index contributed by atoms with van der Waals surface area (Å²) in [6.07, 6.45) is 7.28. The van der Waals surface area contributed by atoms with Gasteiger partial charge in [-0.25, -0.2) is 15.0 Å². The van der Waals surface area contributed by atoms with Crippen molar-refractivity contribution in [3.8, 4) is 40.7 Å². The van der Waals surface area contributed by atoms with Crippen molar-refractivity contribution in [3.05, 3.63) is 383 Å². The Morgan fingerprint density at radius 3 is 1.23 bits per heavy atom. The predicted octanol–water partition coefficient (Wildman–Crippen LogP) is 23.0. The summed E-state index contributed by atoms with van der Waals surface area (Å²) >= 11 is 0. The van der Waals surface area contributed by atoms with Crippen molar-refractivity contribution >= 4 is 145 Å². The minimum absolute atomic E-state index is 0.000622. The van der Waals surface area contributed by atoms with Gasteiger partial charge in [-0.2, -0.15) is 15.8 Å². The van der Waals surface area contributed by atoms with Crippen LogP contribution in [0, 0.1) is 59.6 Å². The van der Waals surface area contributed by atoms with Gasteiger partial charge in [0, 0.05) is 89.9 Å². The van der Waals surface area contributed by atoms with Gasteiger partial charge in [0.05, 0.1) is 33.5 Å². The molecule has 22 rings (SSSR count). The van der Waals surface area contributed by atoms with E-state index < -0.39 is 5.41 Å². The van der Waals surface area contributed by atoms with Gasteiger partial charge in [0.1, 0.15) is 34.8 Å². The van der Waals surface area contributed by atoms with E-state index in [0.717, 1.165) is 45.5 Å². The Bertz CT molecular complexity index is 6940. The quantitative estimate of drug-likeness (QED) is 0.104. The van der Waals surface area contributed by atoms with E-state index in [1.54, 1.807) is 18.2 Å². The topological polar surface area (TPSA) is 181 Å². The molecule has 2 unspecified atom stereocenters. The normalized spacial score (nSPS) is 14.2. The number of hydrogen-bond acceptors (Lipinski definition) is 12. The lowest BCUT2D eigenvalue weighted by atomic mass is 9.57. The van der Waals surface area contributed by atoms with Gasteiger partial charge >= 0.3 is 5.82 Å². The number of allylic oxidation sites excluding steroid dienone is 2. The Hall–Kier alpha value is -16.7. The molecule has 0 radical (unpaired) electrons. The smallest absolute Gasteiger partial charge is 0.307 e. The lowest BCUT2D eigenvalue weighted by molar-refractivity contribution is 0.404. The Morgan fingerprint density at radius 2 is 0.737 bits per heavy atom. The molecule has 13 aromatic carbocycles. The van der Waals surface area contributed by atoms with E-state index in [9.17, 15) is 15.8 Å². The van der Waals surface area contributed by atoms with Crippen LogP contribution in [0.5, 0.6) is 0 Å². The number of nitrogens with zero attached hydrogens (tertiary/aromatic N) is 17. The molecule has 526 valence electrons. The molecule has 2 aliphatic heterocycles. The van der Waals surface area contributed by atoms with Gasteiger partial charge in [-0.05, 0) is 167 Å². The fourth-order valence-corrected chi connectivity index (χ4v) is 18.1. The molecule has 0 saturated heterocycles. The van der Waals surface area contributed by atoms with Crippen molar-refractivity contribution in [2.45, 2.75) is 11.5 Å². The fourth-order valence-electron chi connectivity index (χ4n) is 18.1. The highest BCUT2D eigenvalue weighted by Crippen LogP contribution is 2.68.